The standard InChI is InChI=1S/C20H42O3Si2/c1-11-18(7)25(13-15(2)3,14-16(4)5)22-19(21)17(6)12-24-23-20(8,9)10/h15-18H,11-14H2,1-10H3. The second kappa shape index (κ2) is 10.9. The number of hydrogen-bond donors (Lipinski definition) is 0. The maximum Gasteiger partial charge on any atom is 0.295 e. The zero-order chi connectivity index (χ0) is 19.8. The summed E-state index contributed by atoms with van der Waals surface area (Å²) in [6, 6.07) is 2.89. The molecule has 0 aromatic rings. The Morgan fingerprint density at radius 1 is 1.00 bits per heavy atom. The molecule has 0 saturated carbocycles. The average Bonchev–Trinajstić information content (AvgIpc) is 2.43. The molecule has 5 heteroatoms. The van der Waals surface area contributed by atoms with E-state index >= 15 is 0 Å². The Kier molecular flexibility index (Phi) is 10.8. The van der Waals surface area contributed by atoms with Crippen molar-refractivity contribution in [3.8, 4) is 0 Å². The zero-order valence-corrected chi connectivity index (χ0v) is 20.4. The summed E-state index contributed by atoms with van der Waals surface area (Å²) in [7, 11) is -1.77. The van der Waals surface area contributed by atoms with Crippen LogP contribution in [0.2, 0.25) is 23.7 Å². The molecule has 0 heterocycles. The van der Waals surface area contributed by atoms with Gasteiger partial charge in [-0.05, 0) is 56.3 Å². The molecule has 0 bridgehead atoms. The van der Waals surface area contributed by atoms with E-state index in [0.29, 0.717) is 27.1 Å². The van der Waals surface area contributed by atoms with Crippen molar-refractivity contribution in [2.24, 2.45) is 17.8 Å². The highest BCUT2D eigenvalue weighted by atomic mass is 28.4. The summed E-state index contributed by atoms with van der Waals surface area (Å²) >= 11 is 0. The molecule has 0 aromatic carbocycles. The highest BCUT2D eigenvalue weighted by Crippen LogP contribution is 2.39. The van der Waals surface area contributed by atoms with Gasteiger partial charge in [0, 0.05) is 5.60 Å². The van der Waals surface area contributed by atoms with Crippen molar-refractivity contribution < 1.29 is 13.6 Å². The summed E-state index contributed by atoms with van der Waals surface area (Å²) in [6.45, 7) is 21.7. The Morgan fingerprint density at radius 3 is 1.84 bits per heavy atom. The lowest BCUT2D eigenvalue weighted by Crippen LogP contribution is -2.47. The van der Waals surface area contributed by atoms with Gasteiger partial charge in [-0.1, -0.05) is 54.9 Å². The van der Waals surface area contributed by atoms with E-state index in [1.807, 2.05) is 6.92 Å². The fraction of sp³-hybridized carbons (Fsp3) is 0.950. The summed E-state index contributed by atoms with van der Waals surface area (Å²) in [6.07, 6.45) is 1.09. The molecule has 0 aromatic heterocycles. The summed E-state index contributed by atoms with van der Waals surface area (Å²) in [5.41, 5.74) is 0.355. The van der Waals surface area contributed by atoms with Gasteiger partial charge in [0.05, 0.1) is 5.92 Å². The van der Waals surface area contributed by atoms with Gasteiger partial charge in [-0.2, -0.15) is 0 Å². The third-order valence-corrected chi connectivity index (χ3v) is 11.9. The molecule has 0 aliphatic rings. The second-order valence-corrected chi connectivity index (χ2v) is 14.5. The van der Waals surface area contributed by atoms with Crippen LogP contribution in [0.25, 0.3) is 0 Å². The summed E-state index contributed by atoms with van der Waals surface area (Å²) in [4.78, 5) is 12.9. The first-order chi connectivity index (χ1) is 11.3. The van der Waals surface area contributed by atoms with Gasteiger partial charge in [-0.15, -0.1) is 0 Å². The lowest BCUT2D eigenvalue weighted by atomic mass is 10.2. The van der Waals surface area contributed by atoms with E-state index in [9.17, 15) is 4.79 Å². The summed E-state index contributed by atoms with van der Waals surface area (Å²) < 4.78 is 12.2. The van der Waals surface area contributed by atoms with Crippen LogP contribution in [0.5, 0.6) is 0 Å². The fourth-order valence-electron chi connectivity index (χ4n) is 3.19. The van der Waals surface area contributed by atoms with Crippen LogP contribution in [-0.4, -0.2) is 29.7 Å². The summed E-state index contributed by atoms with van der Waals surface area (Å²) in [5, 5.41) is 0. The van der Waals surface area contributed by atoms with E-state index in [1.54, 1.807) is 0 Å². The molecule has 3 nitrogen and oxygen atoms in total. The van der Waals surface area contributed by atoms with Crippen LogP contribution < -0.4 is 0 Å². The van der Waals surface area contributed by atoms with E-state index < -0.39 is 8.32 Å². The Morgan fingerprint density at radius 2 is 1.48 bits per heavy atom. The first kappa shape index (κ1) is 24.9. The SMILES string of the molecule is CCC(C)[Si](CC(C)C)(CC(C)C)OC(=O)C(C)C[Si]OC(C)(C)C. The topological polar surface area (TPSA) is 35.5 Å². The minimum Gasteiger partial charge on any atom is -0.519 e. The molecule has 0 fully saturated rings. The largest absolute Gasteiger partial charge is 0.519 e. The van der Waals surface area contributed by atoms with Gasteiger partial charge in [0.25, 0.3) is 14.3 Å². The minimum absolute atomic E-state index is 0.00160. The van der Waals surface area contributed by atoms with E-state index in [1.165, 1.54) is 0 Å². The highest BCUT2D eigenvalue weighted by molar-refractivity contribution is 6.76. The summed E-state index contributed by atoms with van der Waals surface area (Å²) in [5.74, 6) is 1.04. The molecule has 2 radical (unpaired) electrons. The quantitative estimate of drug-likeness (QED) is 0.404. The molecule has 0 saturated heterocycles. The van der Waals surface area contributed by atoms with Crippen molar-refractivity contribution in [3.05, 3.63) is 0 Å². The Bertz CT molecular complexity index is 379. The molecule has 0 spiro atoms. The lowest BCUT2D eigenvalue weighted by Gasteiger charge is -2.39. The Balaban J connectivity index is 5.10. The predicted molar refractivity (Wildman–Crippen MR) is 111 cm³/mol. The molecule has 0 aliphatic carbocycles. The number of rotatable bonds is 11. The zero-order valence-electron chi connectivity index (χ0n) is 18.4. The molecule has 0 aliphatic heterocycles. The Labute approximate surface area is 160 Å². The van der Waals surface area contributed by atoms with E-state index in [4.69, 9.17) is 8.85 Å². The molecule has 2 unspecified atom stereocenters. The van der Waals surface area contributed by atoms with E-state index in [0.717, 1.165) is 24.6 Å². The molecular weight excluding hydrogens is 344 g/mol. The maximum absolute atomic E-state index is 12.9. The van der Waals surface area contributed by atoms with Gasteiger partial charge in [0.2, 0.25) is 9.76 Å². The van der Waals surface area contributed by atoms with Crippen molar-refractivity contribution >= 4 is 24.0 Å². The van der Waals surface area contributed by atoms with Crippen LogP contribution in [0.1, 0.15) is 75.7 Å². The molecule has 0 amide bonds. The fourth-order valence-corrected chi connectivity index (χ4v) is 9.57. The van der Waals surface area contributed by atoms with Crippen LogP contribution >= 0.6 is 0 Å². The molecule has 2 atom stereocenters. The lowest BCUT2D eigenvalue weighted by molar-refractivity contribution is -0.139. The van der Waals surface area contributed by atoms with Crippen molar-refractivity contribution in [1.29, 1.82) is 0 Å². The van der Waals surface area contributed by atoms with E-state index in [-0.39, 0.29) is 17.5 Å². The van der Waals surface area contributed by atoms with Crippen LogP contribution in [0.15, 0.2) is 0 Å². The van der Waals surface area contributed by atoms with Gasteiger partial charge in [0.15, 0.2) is 0 Å². The monoisotopic (exact) mass is 386 g/mol. The minimum atomic E-state index is -2.11. The van der Waals surface area contributed by atoms with Gasteiger partial charge in [0.1, 0.15) is 0 Å². The molecule has 25 heavy (non-hydrogen) atoms. The third-order valence-electron chi connectivity index (χ3n) is 4.49. The molecule has 148 valence electrons. The van der Waals surface area contributed by atoms with Crippen LogP contribution in [0, 0.1) is 17.8 Å². The maximum atomic E-state index is 12.9. The van der Waals surface area contributed by atoms with Gasteiger partial charge < -0.3 is 8.85 Å². The molecule has 0 N–H and O–H groups in total. The number of carbonyl (C=O) groups excluding carboxylic acids is 1. The van der Waals surface area contributed by atoms with Crippen LogP contribution in [0.3, 0.4) is 0 Å². The van der Waals surface area contributed by atoms with Crippen molar-refractivity contribution in [3.63, 3.8) is 0 Å². The first-order valence-corrected chi connectivity index (χ1v) is 13.5. The van der Waals surface area contributed by atoms with Crippen molar-refractivity contribution in [1.82, 2.24) is 0 Å². The molecule has 0 rings (SSSR count). The van der Waals surface area contributed by atoms with Crippen LogP contribution in [0.4, 0.5) is 0 Å². The van der Waals surface area contributed by atoms with Gasteiger partial charge >= 0.3 is 0 Å². The Hall–Kier alpha value is -0.136. The predicted octanol–water partition coefficient (Wildman–Crippen LogP) is 6.08. The third kappa shape index (κ3) is 9.95. The molecular formula is C20H42O3Si2. The highest BCUT2D eigenvalue weighted by Gasteiger charge is 2.44. The number of hydrogen-bond acceptors (Lipinski definition) is 3. The number of carbonyl (C=O) groups is 1. The smallest absolute Gasteiger partial charge is 0.295 e. The second-order valence-electron chi connectivity index (χ2n) is 9.46. The van der Waals surface area contributed by atoms with Crippen molar-refractivity contribution in [2.45, 2.75) is 105 Å². The average molecular weight is 387 g/mol. The van der Waals surface area contributed by atoms with Crippen LogP contribution in [-0.2, 0) is 13.6 Å². The van der Waals surface area contributed by atoms with Gasteiger partial charge in [-0.25, -0.2) is 0 Å². The normalized spacial score (nSPS) is 15.5. The van der Waals surface area contributed by atoms with E-state index in [2.05, 4.69) is 62.3 Å². The van der Waals surface area contributed by atoms with Gasteiger partial charge in [-0.3, -0.25) is 4.79 Å². The van der Waals surface area contributed by atoms with Crippen molar-refractivity contribution in [2.75, 3.05) is 0 Å². The first-order valence-electron chi connectivity index (χ1n) is 9.96.